The summed E-state index contributed by atoms with van der Waals surface area (Å²) in [5.41, 5.74) is 7.38. The number of nitrogens with two attached hydrogens (primary N) is 1. The zero-order valence-corrected chi connectivity index (χ0v) is 9.64. The number of carbonyl (C=O) groups is 1. The third kappa shape index (κ3) is 2.13. The quantitative estimate of drug-likeness (QED) is 0.596. The van der Waals surface area contributed by atoms with Crippen molar-refractivity contribution in [3.05, 3.63) is 34.3 Å². The van der Waals surface area contributed by atoms with Crippen LogP contribution in [0.2, 0.25) is 0 Å². The number of hydrogen-bond acceptors (Lipinski definition) is 5. The summed E-state index contributed by atoms with van der Waals surface area (Å²) in [5, 5.41) is 11.6. The first kappa shape index (κ1) is 12.3. The minimum atomic E-state index is -1.04. The highest BCUT2D eigenvalue weighted by atomic mass is 16.4. The second-order valence-corrected chi connectivity index (χ2v) is 3.90. The average Bonchev–Trinajstić information content (AvgIpc) is 2.68. The molecule has 5 N–H and O–H groups in total. The molecule has 2 aromatic rings. The van der Waals surface area contributed by atoms with Crippen LogP contribution in [0.1, 0.15) is 11.6 Å². The van der Waals surface area contributed by atoms with E-state index in [-0.39, 0.29) is 0 Å². The van der Waals surface area contributed by atoms with Crippen molar-refractivity contribution in [1.82, 2.24) is 10.3 Å². The van der Waals surface area contributed by atoms with Gasteiger partial charge in [0.2, 0.25) is 0 Å². The molecule has 0 spiro atoms. The summed E-state index contributed by atoms with van der Waals surface area (Å²) in [6.45, 7) is 0. The van der Waals surface area contributed by atoms with E-state index in [9.17, 15) is 9.59 Å². The van der Waals surface area contributed by atoms with E-state index in [1.54, 1.807) is 18.2 Å². The van der Waals surface area contributed by atoms with E-state index in [1.165, 1.54) is 7.05 Å². The van der Waals surface area contributed by atoms with Crippen molar-refractivity contribution in [1.29, 1.82) is 0 Å². The Morgan fingerprint density at radius 2 is 2.28 bits per heavy atom. The van der Waals surface area contributed by atoms with Crippen LogP contribution in [0.4, 0.5) is 0 Å². The molecule has 1 aromatic heterocycles. The van der Waals surface area contributed by atoms with Gasteiger partial charge in [-0.2, -0.15) is 0 Å². The number of aromatic nitrogens is 1. The van der Waals surface area contributed by atoms with Crippen LogP contribution >= 0.6 is 0 Å². The number of oxazole rings is 1. The van der Waals surface area contributed by atoms with E-state index < -0.39 is 23.8 Å². The van der Waals surface area contributed by atoms with Gasteiger partial charge in [-0.15, -0.1) is 0 Å². The summed E-state index contributed by atoms with van der Waals surface area (Å²) in [6, 6.07) is 3.20. The molecule has 1 heterocycles. The molecule has 0 saturated heterocycles. The number of aliphatic carboxylic acids is 1. The first-order chi connectivity index (χ1) is 8.52. The van der Waals surface area contributed by atoms with Crippen LogP contribution in [0, 0.1) is 0 Å². The maximum absolute atomic E-state index is 11.0. The van der Waals surface area contributed by atoms with Gasteiger partial charge in [0, 0.05) is 0 Å². The molecule has 7 nitrogen and oxygen atoms in total. The molecule has 0 radical (unpaired) electrons. The predicted molar refractivity (Wildman–Crippen MR) is 64.2 cm³/mol. The topological polar surface area (TPSA) is 121 Å². The van der Waals surface area contributed by atoms with Crippen molar-refractivity contribution >= 4 is 17.1 Å². The third-order valence-electron chi connectivity index (χ3n) is 2.76. The average molecular weight is 251 g/mol. The number of benzene rings is 1. The lowest BCUT2D eigenvalue weighted by Gasteiger charge is -2.19. The fourth-order valence-electron chi connectivity index (χ4n) is 1.83. The van der Waals surface area contributed by atoms with Crippen LogP contribution in [-0.4, -0.2) is 29.1 Å². The highest BCUT2D eigenvalue weighted by Crippen LogP contribution is 2.19. The van der Waals surface area contributed by atoms with Gasteiger partial charge < -0.3 is 20.6 Å². The highest BCUT2D eigenvalue weighted by molar-refractivity contribution is 5.76. The fourth-order valence-corrected chi connectivity index (χ4v) is 1.83. The lowest BCUT2D eigenvalue weighted by molar-refractivity contribution is -0.139. The molecule has 0 saturated carbocycles. The van der Waals surface area contributed by atoms with Crippen LogP contribution in [0.25, 0.3) is 11.1 Å². The molecule has 2 atom stereocenters. The Hall–Kier alpha value is -2.12. The second kappa shape index (κ2) is 4.63. The van der Waals surface area contributed by atoms with Gasteiger partial charge in [-0.25, -0.2) is 4.79 Å². The standard InChI is InChI=1S/C11H13N3O4/c1-13-9(10(15)16)8(12)5-2-3-7-6(4-5)14-11(17)18-7/h2-4,8-9,13H,12H2,1H3,(H,14,17)(H,15,16). The molecule has 0 aliphatic heterocycles. The molecule has 0 bridgehead atoms. The lowest BCUT2D eigenvalue weighted by atomic mass is 10.00. The lowest BCUT2D eigenvalue weighted by Crippen LogP contribution is -2.43. The Balaban J connectivity index is 2.40. The van der Waals surface area contributed by atoms with Crippen molar-refractivity contribution < 1.29 is 14.3 Å². The van der Waals surface area contributed by atoms with Crippen molar-refractivity contribution in [3.8, 4) is 0 Å². The van der Waals surface area contributed by atoms with Crippen molar-refractivity contribution in [2.24, 2.45) is 5.73 Å². The van der Waals surface area contributed by atoms with Gasteiger partial charge in [0.15, 0.2) is 5.58 Å². The van der Waals surface area contributed by atoms with Crippen LogP contribution in [0.5, 0.6) is 0 Å². The molecule has 2 unspecified atom stereocenters. The van der Waals surface area contributed by atoms with Gasteiger partial charge in [-0.3, -0.25) is 9.78 Å². The number of aromatic amines is 1. The largest absolute Gasteiger partial charge is 0.480 e. The molecule has 0 aliphatic rings. The van der Waals surface area contributed by atoms with Gasteiger partial charge >= 0.3 is 11.7 Å². The smallest absolute Gasteiger partial charge is 0.417 e. The molecule has 2 rings (SSSR count). The van der Waals surface area contributed by atoms with Crippen molar-refractivity contribution in [2.75, 3.05) is 7.05 Å². The summed E-state index contributed by atoms with van der Waals surface area (Å²) in [7, 11) is 1.52. The van der Waals surface area contributed by atoms with E-state index in [0.717, 1.165) is 0 Å². The Morgan fingerprint density at radius 1 is 1.56 bits per heavy atom. The number of hydrogen-bond donors (Lipinski definition) is 4. The van der Waals surface area contributed by atoms with Crippen LogP contribution in [0.3, 0.4) is 0 Å². The number of likely N-dealkylation sites (N-methyl/N-ethyl adjacent to an activating group) is 1. The molecule has 18 heavy (non-hydrogen) atoms. The molecule has 0 aliphatic carbocycles. The maximum atomic E-state index is 11.0. The summed E-state index contributed by atoms with van der Waals surface area (Å²) in [5.74, 6) is -1.59. The fraction of sp³-hybridized carbons (Fsp3) is 0.273. The van der Waals surface area contributed by atoms with E-state index in [4.69, 9.17) is 15.3 Å². The van der Waals surface area contributed by atoms with Crippen molar-refractivity contribution in [3.63, 3.8) is 0 Å². The van der Waals surface area contributed by atoms with Crippen LogP contribution in [0.15, 0.2) is 27.4 Å². The molecule has 7 heteroatoms. The van der Waals surface area contributed by atoms with Gasteiger partial charge in [0.1, 0.15) is 6.04 Å². The van der Waals surface area contributed by atoms with E-state index in [1.807, 2.05) is 0 Å². The molecular formula is C11H13N3O4. The number of carboxylic acids is 1. The van der Waals surface area contributed by atoms with E-state index >= 15 is 0 Å². The summed E-state index contributed by atoms with van der Waals surface area (Å²) in [4.78, 5) is 24.5. The Kier molecular flexibility index (Phi) is 3.17. The zero-order valence-electron chi connectivity index (χ0n) is 9.64. The Labute approximate surface area is 102 Å². The van der Waals surface area contributed by atoms with E-state index in [0.29, 0.717) is 16.7 Å². The number of rotatable bonds is 4. The van der Waals surface area contributed by atoms with Gasteiger partial charge in [-0.1, -0.05) is 6.07 Å². The SMILES string of the molecule is CNC(C(=O)O)C(N)c1ccc2oc(=O)[nH]c2c1. The number of nitrogens with one attached hydrogen (secondary N) is 2. The van der Waals surface area contributed by atoms with Gasteiger partial charge in [-0.05, 0) is 24.7 Å². The van der Waals surface area contributed by atoms with Crippen molar-refractivity contribution in [2.45, 2.75) is 12.1 Å². The summed E-state index contributed by atoms with van der Waals surface area (Å²) < 4.78 is 4.85. The first-order valence-corrected chi connectivity index (χ1v) is 5.31. The molecule has 0 amide bonds. The molecular weight excluding hydrogens is 238 g/mol. The second-order valence-electron chi connectivity index (χ2n) is 3.90. The zero-order chi connectivity index (χ0) is 13.3. The van der Waals surface area contributed by atoms with Crippen LogP contribution in [-0.2, 0) is 4.79 Å². The van der Waals surface area contributed by atoms with E-state index in [2.05, 4.69) is 10.3 Å². The summed E-state index contributed by atoms with van der Waals surface area (Å²) >= 11 is 0. The maximum Gasteiger partial charge on any atom is 0.417 e. The van der Waals surface area contributed by atoms with Gasteiger partial charge in [0.05, 0.1) is 11.6 Å². The summed E-state index contributed by atoms with van der Waals surface area (Å²) in [6.07, 6.45) is 0. The number of H-pyrrole nitrogens is 1. The highest BCUT2D eigenvalue weighted by Gasteiger charge is 2.25. The monoisotopic (exact) mass is 251 g/mol. The number of fused-ring (bicyclic) bond motifs is 1. The molecule has 1 aromatic carbocycles. The minimum Gasteiger partial charge on any atom is -0.480 e. The molecule has 0 fully saturated rings. The minimum absolute atomic E-state index is 0.410. The van der Waals surface area contributed by atoms with Crippen LogP contribution < -0.4 is 16.8 Å². The first-order valence-electron chi connectivity index (χ1n) is 5.31. The van der Waals surface area contributed by atoms with Gasteiger partial charge in [0.25, 0.3) is 0 Å². The number of carboxylic acid groups (broad SMARTS) is 1. The normalized spacial score (nSPS) is 14.6. The predicted octanol–water partition coefficient (Wildman–Crippen LogP) is -0.206. The Morgan fingerprint density at radius 3 is 2.89 bits per heavy atom. The Bertz CT molecular complexity index is 630. The molecule has 96 valence electrons. The third-order valence-corrected chi connectivity index (χ3v) is 2.76.